The summed E-state index contributed by atoms with van der Waals surface area (Å²) in [5.41, 5.74) is 2.26. The zero-order valence-electron chi connectivity index (χ0n) is 11.5. The Morgan fingerprint density at radius 3 is 2.76 bits per heavy atom. The average Bonchev–Trinajstić information content (AvgIpc) is 2.46. The lowest BCUT2D eigenvalue weighted by molar-refractivity contribution is -0.385. The number of nitrogens with zero attached hydrogens (tertiary/aromatic N) is 1. The van der Waals surface area contributed by atoms with Crippen molar-refractivity contribution in [2.75, 3.05) is 7.05 Å². The molecule has 0 saturated carbocycles. The minimum atomic E-state index is -0.369. The molecular weight excluding hydrogens is 352 g/mol. The quantitative estimate of drug-likeness (QED) is 0.468. The number of halogens is 1. The van der Waals surface area contributed by atoms with Crippen molar-refractivity contribution in [1.29, 1.82) is 0 Å². The van der Waals surface area contributed by atoms with Crippen LogP contribution in [0.1, 0.15) is 11.1 Å². The summed E-state index contributed by atoms with van der Waals surface area (Å²) in [6, 6.07) is 13.4. The first kappa shape index (κ1) is 16.0. The maximum atomic E-state index is 10.9. The fourth-order valence-corrected chi connectivity index (χ4v) is 3.64. The van der Waals surface area contributed by atoms with Gasteiger partial charge in [0.25, 0.3) is 5.69 Å². The van der Waals surface area contributed by atoms with Gasteiger partial charge < -0.3 is 5.32 Å². The SMILES string of the molecule is CNCc1cccc(SCc2cccc([N+](=O)[O-])c2Br)c1. The molecule has 0 spiro atoms. The van der Waals surface area contributed by atoms with Crippen LogP contribution in [0.25, 0.3) is 0 Å². The van der Waals surface area contributed by atoms with E-state index in [9.17, 15) is 10.1 Å². The van der Waals surface area contributed by atoms with E-state index >= 15 is 0 Å². The Bertz CT molecular complexity index is 649. The molecule has 0 bridgehead atoms. The number of benzene rings is 2. The van der Waals surface area contributed by atoms with Gasteiger partial charge in [-0.2, -0.15) is 0 Å². The molecule has 0 fully saturated rings. The molecular formula is C15H15BrN2O2S. The van der Waals surface area contributed by atoms with Gasteiger partial charge in [-0.1, -0.05) is 24.3 Å². The Morgan fingerprint density at radius 2 is 2.05 bits per heavy atom. The molecule has 0 heterocycles. The van der Waals surface area contributed by atoms with Crippen molar-refractivity contribution >= 4 is 33.4 Å². The monoisotopic (exact) mass is 366 g/mol. The van der Waals surface area contributed by atoms with Crippen molar-refractivity contribution in [3.8, 4) is 0 Å². The first-order chi connectivity index (χ1) is 10.1. The minimum absolute atomic E-state index is 0.108. The average molecular weight is 367 g/mol. The molecule has 0 aliphatic rings. The molecule has 0 amide bonds. The van der Waals surface area contributed by atoms with Crippen LogP contribution in [0.3, 0.4) is 0 Å². The van der Waals surface area contributed by atoms with Crippen molar-refractivity contribution < 1.29 is 4.92 Å². The smallest absolute Gasteiger partial charge is 0.283 e. The number of nitro benzene ring substituents is 1. The molecule has 21 heavy (non-hydrogen) atoms. The first-order valence-electron chi connectivity index (χ1n) is 6.40. The normalized spacial score (nSPS) is 10.6. The lowest BCUT2D eigenvalue weighted by Gasteiger charge is -2.07. The van der Waals surface area contributed by atoms with E-state index in [0.29, 0.717) is 10.2 Å². The third-order valence-corrected chi connectivity index (χ3v) is 4.89. The van der Waals surface area contributed by atoms with Gasteiger partial charge in [0.05, 0.1) is 9.40 Å². The number of rotatable bonds is 6. The highest BCUT2D eigenvalue weighted by Gasteiger charge is 2.14. The Labute approximate surface area is 136 Å². The van der Waals surface area contributed by atoms with Gasteiger partial charge >= 0.3 is 0 Å². The zero-order chi connectivity index (χ0) is 15.2. The maximum absolute atomic E-state index is 10.9. The molecule has 0 atom stereocenters. The van der Waals surface area contributed by atoms with Gasteiger partial charge in [0, 0.05) is 23.3 Å². The Morgan fingerprint density at radius 1 is 1.29 bits per heavy atom. The third kappa shape index (κ3) is 4.30. The summed E-state index contributed by atoms with van der Waals surface area (Å²) in [5, 5.41) is 14.0. The standard InChI is InChI=1S/C15H15BrN2O2S/c1-17-9-11-4-2-6-13(8-11)21-10-12-5-3-7-14(15(12)16)18(19)20/h2-8,17H,9-10H2,1H3. The van der Waals surface area contributed by atoms with Crippen molar-refractivity contribution in [3.63, 3.8) is 0 Å². The van der Waals surface area contributed by atoms with Crippen molar-refractivity contribution in [1.82, 2.24) is 5.32 Å². The molecule has 110 valence electrons. The van der Waals surface area contributed by atoms with Gasteiger partial charge in [-0.05, 0) is 46.2 Å². The second kappa shape index (κ2) is 7.59. The molecule has 2 aromatic carbocycles. The lowest BCUT2D eigenvalue weighted by atomic mass is 10.2. The second-order valence-corrected chi connectivity index (χ2v) is 6.32. The van der Waals surface area contributed by atoms with Gasteiger partial charge in [-0.15, -0.1) is 11.8 Å². The molecule has 4 nitrogen and oxygen atoms in total. The highest BCUT2D eigenvalue weighted by Crippen LogP contribution is 2.32. The highest BCUT2D eigenvalue weighted by atomic mass is 79.9. The van der Waals surface area contributed by atoms with E-state index in [4.69, 9.17) is 0 Å². The molecule has 0 unspecified atom stereocenters. The maximum Gasteiger partial charge on any atom is 0.283 e. The van der Waals surface area contributed by atoms with E-state index in [1.165, 1.54) is 11.6 Å². The Hall–Kier alpha value is -1.37. The van der Waals surface area contributed by atoms with Crippen LogP contribution in [0, 0.1) is 10.1 Å². The summed E-state index contributed by atoms with van der Waals surface area (Å²) < 4.78 is 0.564. The van der Waals surface area contributed by atoms with Crippen LogP contribution in [-0.2, 0) is 12.3 Å². The van der Waals surface area contributed by atoms with Crippen LogP contribution in [0.2, 0.25) is 0 Å². The summed E-state index contributed by atoms with van der Waals surface area (Å²) in [5.74, 6) is 0.686. The van der Waals surface area contributed by atoms with Crippen molar-refractivity contribution in [2.24, 2.45) is 0 Å². The molecule has 0 aromatic heterocycles. The summed E-state index contributed by atoms with van der Waals surface area (Å²) in [4.78, 5) is 11.7. The topological polar surface area (TPSA) is 55.2 Å². The predicted molar refractivity (Wildman–Crippen MR) is 89.6 cm³/mol. The summed E-state index contributed by atoms with van der Waals surface area (Å²) >= 11 is 5.00. The molecule has 0 radical (unpaired) electrons. The molecule has 6 heteroatoms. The minimum Gasteiger partial charge on any atom is -0.316 e. The van der Waals surface area contributed by atoms with Crippen LogP contribution in [0.15, 0.2) is 51.8 Å². The van der Waals surface area contributed by atoms with E-state index in [0.717, 1.165) is 17.0 Å². The third-order valence-electron chi connectivity index (χ3n) is 2.93. The molecule has 2 aromatic rings. The predicted octanol–water partition coefficient (Wildman–Crippen LogP) is 4.37. The zero-order valence-corrected chi connectivity index (χ0v) is 13.9. The van der Waals surface area contributed by atoms with Crippen LogP contribution in [0.4, 0.5) is 5.69 Å². The van der Waals surface area contributed by atoms with Crippen molar-refractivity contribution in [2.45, 2.75) is 17.2 Å². The van der Waals surface area contributed by atoms with Gasteiger partial charge in [0.1, 0.15) is 0 Å². The molecule has 2 rings (SSSR count). The van der Waals surface area contributed by atoms with Crippen LogP contribution < -0.4 is 5.32 Å². The van der Waals surface area contributed by atoms with Crippen LogP contribution in [-0.4, -0.2) is 12.0 Å². The van der Waals surface area contributed by atoms with Crippen molar-refractivity contribution in [3.05, 3.63) is 68.2 Å². The van der Waals surface area contributed by atoms with Gasteiger partial charge in [0.2, 0.25) is 0 Å². The largest absolute Gasteiger partial charge is 0.316 e. The van der Waals surface area contributed by atoms with E-state index in [1.807, 2.05) is 19.2 Å². The second-order valence-electron chi connectivity index (χ2n) is 4.47. The first-order valence-corrected chi connectivity index (χ1v) is 8.18. The summed E-state index contributed by atoms with van der Waals surface area (Å²) in [6.45, 7) is 0.828. The lowest BCUT2D eigenvalue weighted by Crippen LogP contribution is -2.04. The number of nitrogens with one attached hydrogen (secondary N) is 1. The Balaban J connectivity index is 2.11. The van der Waals surface area contributed by atoms with Crippen LogP contribution in [0.5, 0.6) is 0 Å². The van der Waals surface area contributed by atoms with Gasteiger partial charge in [0.15, 0.2) is 0 Å². The van der Waals surface area contributed by atoms with E-state index in [2.05, 4.69) is 39.4 Å². The van der Waals surface area contributed by atoms with Crippen LogP contribution >= 0.6 is 27.7 Å². The molecule has 0 aliphatic carbocycles. The summed E-state index contributed by atoms with van der Waals surface area (Å²) in [6.07, 6.45) is 0. The highest BCUT2D eigenvalue weighted by molar-refractivity contribution is 9.10. The van der Waals surface area contributed by atoms with Gasteiger partial charge in [-0.25, -0.2) is 0 Å². The number of hydrogen-bond donors (Lipinski definition) is 1. The van der Waals surface area contributed by atoms with E-state index < -0.39 is 0 Å². The van der Waals surface area contributed by atoms with Gasteiger partial charge in [-0.3, -0.25) is 10.1 Å². The number of hydrogen-bond acceptors (Lipinski definition) is 4. The number of nitro groups is 1. The molecule has 0 saturated heterocycles. The van der Waals surface area contributed by atoms with E-state index in [1.54, 1.807) is 17.8 Å². The molecule has 1 N–H and O–H groups in total. The Kier molecular flexibility index (Phi) is 5.78. The molecule has 0 aliphatic heterocycles. The summed E-state index contributed by atoms with van der Waals surface area (Å²) in [7, 11) is 1.92. The fraction of sp³-hybridized carbons (Fsp3) is 0.200. The fourth-order valence-electron chi connectivity index (χ4n) is 1.93. The van der Waals surface area contributed by atoms with E-state index in [-0.39, 0.29) is 10.6 Å². The number of thioether (sulfide) groups is 1.